The molecule has 1 heterocycles. The van der Waals surface area contributed by atoms with Crippen LogP contribution in [0.3, 0.4) is 0 Å². The molecule has 138 valence electrons. The number of methoxy groups -OCH3 is 2. The highest BCUT2D eigenvalue weighted by Crippen LogP contribution is 2.32. The van der Waals surface area contributed by atoms with E-state index in [1.54, 1.807) is 12.1 Å². The van der Waals surface area contributed by atoms with Crippen LogP contribution in [-0.4, -0.2) is 31.8 Å². The molecule has 0 saturated heterocycles. The number of pyridine rings is 1. The number of carbonyl (C=O) groups is 1. The van der Waals surface area contributed by atoms with Crippen LogP contribution >= 0.6 is 0 Å². The van der Waals surface area contributed by atoms with Crippen LogP contribution in [0, 0.1) is 5.92 Å². The average Bonchev–Trinajstić information content (AvgIpc) is 2.72. The first-order chi connectivity index (χ1) is 12.7. The Morgan fingerprint density at radius 3 is 2.58 bits per heavy atom. The number of esters is 1. The maximum Gasteiger partial charge on any atom is 0.343 e. The summed E-state index contributed by atoms with van der Waals surface area (Å²) in [7, 11) is 2.83. The van der Waals surface area contributed by atoms with Crippen LogP contribution in [0.1, 0.15) is 42.5 Å². The highest BCUT2D eigenvalue weighted by molar-refractivity contribution is 5.92. The van der Waals surface area contributed by atoms with Crippen molar-refractivity contribution in [2.24, 2.45) is 5.92 Å². The zero-order valence-electron chi connectivity index (χ0n) is 15.4. The minimum Gasteiger partial charge on any atom is -0.493 e. The molecule has 1 fully saturated rings. The van der Waals surface area contributed by atoms with Crippen LogP contribution in [0.2, 0.25) is 0 Å². The molecule has 0 N–H and O–H groups in total. The van der Waals surface area contributed by atoms with Crippen molar-refractivity contribution in [2.75, 3.05) is 20.8 Å². The molecule has 0 atom stereocenters. The summed E-state index contributed by atoms with van der Waals surface area (Å²) in [4.78, 5) is 16.3. The van der Waals surface area contributed by atoms with Crippen LogP contribution in [0.5, 0.6) is 11.6 Å². The van der Waals surface area contributed by atoms with Crippen molar-refractivity contribution in [3.8, 4) is 22.9 Å². The van der Waals surface area contributed by atoms with Gasteiger partial charge >= 0.3 is 5.97 Å². The molecule has 0 unspecified atom stereocenters. The Balaban J connectivity index is 1.83. The van der Waals surface area contributed by atoms with Gasteiger partial charge in [-0.3, -0.25) is 0 Å². The molecule has 1 saturated carbocycles. The Hall–Kier alpha value is -2.56. The van der Waals surface area contributed by atoms with E-state index in [0.29, 0.717) is 17.2 Å². The number of rotatable bonds is 6. The lowest BCUT2D eigenvalue weighted by Gasteiger charge is -2.22. The number of hydrogen-bond donors (Lipinski definition) is 0. The molecule has 2 aromatic rings. The highest BCUT2D eigenvalue weighted by Gasteiger charge is 2.18. The highest BCUT2D eigenvalue weighted by atomic mass is 16.5. The normalized spacial score (nSPS) is 14.7. The van der Waals surface area contributed by atoms with Crippen molar-refractivity contribution in [1.29, 1.82) is 0 Å². The minimum absolute atomic E-state index is 0.247. The second-order valence-electron chi connectivity index (χ2n) is 6.56. The summed E-state index contributed by atoms with van der Waals surface area (Å²) in [5, 5.41) is 0. The third kappa shape index (κ3) is 4.15. The molecule has 5 heteroatoms. The summed E-state index contributed by atoms with van der Waals surface area (Å²) in [5.74, 6) is 1.21. The molecular formula is C21H25NO4. The number of benzene rings is 1. The topological polar surface area (TPSA) is 57.7 Å². The van der Waals surface area contributed by atoms with Gasteiger partial charge in [0.05, 0.1) is 26.5 Å². The first-order valence-electron chi connectivity index (χ1n) is 9.08. The quantitative estimate of drug-likeness (QED) is 0.714. The number of nitrogens with zero attached hydrogens (tertiary/aromatic N) is 1. The molecule has 5 nitrogen and oxygen atoms in total. The summed E-state index contributed by atoms with van der Waals surface area (Å²) >= 11 is 0. The lowest BCUT2D eigenvalue weighted by atomic mass is 9.90. The van der Waals surface area contributed by atoms with E-state index >= 15 is 0 Å². The van der Waals surface area contributed by atoms with Gasteiger partial charge < -0.3 is 14.2 Å². The predicted octanol–water partition coefficient (Wildman–Crippen LogP) is 4.50. The number of carbonyl (C=O) groups excluding carboxylic acids is 1. The van der Waals surface area contributed by atoms with E-state index in [1.165, 1.54) is 46.3 Å². The SMILES string of the molecule is COC(=O)c1ccc(-c2ccccc2OCC2CCCCC2)nc1OC. The standard InChI is InChI=1S/C21H25NO4/c1-24-20-17(21(23)25-2)12-13-18(22-20)16-10-6-7-11-19(16)26-14-15-8-4-3-5-9-15/h6-7,10-13,15H,3-5,8-9,14H2,1-2H3. The van der Waals surface area contributed by atoms with Crippen LogP contribution < -0.4 is 9.47 Å². The van der Waals surface area contributed by atoms with Gasteiger partial charge in [-0.25, -0.2) is 9.78 Å². The number of para-hydroxylation sites is 1. The Bertz CT molecular complexity index is 753. The predicted molar refractivity (Wildman–Crippen MR) is 99.6 cm³/mol. The maximum atomic E-state index is 11.8. The molecule has 1 aromatic carbocycles. The Morgan fingerprint density at radius 2 is 1.85 bits per heavy atom. The zero-order chi connectivity index (χ0) is 18.4. The van der Waals surface area contributed by atoms with Gasteiger partial charge in [-0.1, -0.05) is 31.4 Å². The lowest BCUT2D eigenvalue weighted by molar-refractivity contribution is 0.0596. The molecule has 0 radical (unpaired) electrons. The van der Waals surface area contributed by atoms with Crippen LogP contribution in [-0.2, 0) is 4.74 Å². The first-order valence-corrected chi connectivity index (χ1v) is 9.08. The first kappa shape index (κ1) is 18.2. The number of aromatic nitrogens is 1. The van der Waals surface area contributed by atoms with E-state index in [-0.39, 0.29) is 5.88 Å². The molecule has 0 aliphatic heterocycles. The second kappa shape index (κ2) is 8.70. The third-order valence-corrected chi connectivity index (χ3v) is 4.82. The Labute approximate surface area is 154 Å². The van der Waals surface area contributed by atoms with Crippen molar-refractivity contribution in [3.63, 3.8) is 0 Å². The summed E-state index contributed by atoms with van der Waals surface area (Å²) in [5.41, 5.74) is 1.89. The minimum atomic E-state index is -0.470. The molecule has 0 amide bonds. The van der Waals surface area contributed by atoms with Gasteiger partial charge in [-0.05, 0) is 43.0 Å². The lowest BCUT2D eigenvalue weighted by Crippen LogP contribution is -2.15. The van der Waals surface area contributed by atoms with E-state index in [0.717, 1.165) is 17.9 Å². The molecule has 26 heavy (non-hydrogen) atoms. The summed E-state index contributed by atoms with van der Waals surface area (Å²) < 4.78 is 16.2. The Morgan fingerprint density at radius 1 is 1.08 bits per heavy atom. The molecule has 1 aromatic heterocycles. The van der Waals surface area contributed by atoms with Crippen molar-refractivity contribution in [3.05, 3.63) is 42.0 Å². The van der Waals surface area contributed by atoms with Gasteiger partial charge in [0.2, 0.25) is 5.88 Å². The van der Waals surface area contributed by atoms with Crippen LogP contribution in [0.4, 0.5) is 0 Å². The Kier molecular flexibility index (Phi) is 6.10. The summed E-state index contributed by atoms with van der Waals surface area (Å²) in [6.07, 6.45) is 6.40. The van der Waals surface area contributed by atoms with E-state index in [2.05, 4.69) is 4.98 Å². The summed E-state index contributed by atoms with van der Waals surface area (Å²) in [6, 6.07) is 11.3. The van der Waals surface area contributed by atoms with Gasteiger partial charge in [0, 0.05) is 5.56 Å². The van der Waals surface area contributed by atoms with Crippen molar-refractivity contribution in [2.45, 2.75) is 32.1 Å². The largest absolute Gasteiger partial charge is 0.493 e. The van der Waals surface area contributed by atoms with Gasteiger partial charge in [-0.2, -0.15) is 0 Å². The van der Waals surface area contributed by atoms with E-state index < -0.39 is 5.97 Å². The maximum absolute atomic E-state index is 11.8. The number of ether oxygens (including phenoxy) is 3. The molecule has 1 aliphatic carbocycles. The van der Waals surface area contributed by atoms with Crippen molar-refractivity contribution >= 4 is 5.97 Å². The molecule has 3 rings (SSSR count). The smallest absolute Gasteiger partial charge is 0.343 e. The fraction of sp³-hybridized carbons (Fsp3) is 0.429. The van der Waals surface area contributed by atoms with Crippen LogP contribution in [0.15, 0.2) is 36.4 Å². The van der Waals surface area contributed by atoms with E-state index in [4.69, 9.17) is 14.2 Å². The number of hydrogen-bond acceptors (Lipinski definition) is 5. The summed E-state index contributed by atoms with van der Waals surface area (Å²) in [6.45, 7) is 0.731. The second-order valence-corrected chi connectivity index (χ2v) is 6.56. The fourth-order valence-corrected chi connectivity index (χ4v) is 3.38. The van der Waals surface area contributed by atoms with Crippen molar-refractivity contribution < 1.29 is 19.0 Å². The van der Waals surface area contributed by atoms with Crippen molar-refractivity contribution in [1.82, 2.24) is 4.98 Å². The third-order valence-electron chi connectivity index (χ3n) is 4.82. The monoisotopic (exact) mass is 355 g/mol. The molecule has 1 aliphatic rings. The fourth-order valence-electron chi connectivity index (χ4n) is 3.38. The zero-order valence-corrected chi connectivity index (χ0v) is 15.4. The van der Waals surface area contributed by atoms with Gasteiger partial charge in [0.25, 0.3) is 0 Å². The van der Waals surface area contributed by atoms with E-state index in [9.17, 15) is 4.79 Å². The average molecular weight is 355 g/mol. The van der Waals surface area contributed by atoms with Gasteiger partial charge in [0.15, 0.2) is 0 Å². The molecule has 0 bridgehead atoms. The van der Waals surface area contributed by atoms with E-state index in [1.807, 2.05) is 24.3 Å². The van der Waals surface area contributed by atoms with Gasteiger partial charge in [0.1, 0.15) is 11.3 Å². The molecule has 0 spiro atoms. The van der Waals surface area contributed by atoms with Gasteiger partial charge in [-0.15, -0.1) is 0 Å². The molecular weight excluding hydrogens is 330 g/mol. The van der Waals surface area contributed by atoms with Crippen LogP contribution in [0.25, 0.3) is 11.3 Å².